The van der Waals surface area contributed by atoms with Crippen LogP contribution in [0, 0.1) is 0 Å². The normalized spacial score (nSPS) is 13.0. The van der Waals surface area contributed by atoms with Crippen molar-refractivity contribution in [3.8, 4) is 11.5 Å². The molecule has 0 saturated heterocycles. The van der Waals surface area contributed by atoms with Crippen LogP contribution in [0.2, 0.25) is 0 Å². The number of imidazole rings is 1. The second-order valence-corrected chi connectivity index (χ2v) is 4.75. The van der Waals surface area contributed by atoms with Gasteiger partial charge in [0.2, 0.25) is 0 Å². The lowest BCUT2D eigenvalue weighted by atomic mass is 10.1. The van der Waals surface area contributed by atoms with Crippen LogP contribution >= 0.6 is 0 Å². The number of aromatic nitrogens is 2. The topological polar surface area (TPSA) is 76.2 Å². The Morgan fingerprint density at radius 3 is 2.95 bits per heavy atom. The average molecular weight is 287 g/mol. The van der Waals surface area contributed by atoms with Crippen LogP contribution in [0.1, 0.15) is 22.6 Å². The number of hydrogen-bond donors (Lipinski definition) is 2. The molecule has 21 heavy (non-hydrogen) atoms. The van der Waals surface area contributed by atoms with Gasteiger partial charge >= 0.3 is 0 Å². The zero-order chi connectivity index (χ0) is 14.5. The molecule has 1 aromatic heterocycles. The van der Waals surface area contributed by atoms with Crippen LogP contribution in [-0.2, 0) is 6.42 Å². The van der Waals surface area contributed by atoms with Crippen LogP contribution in [0.15, 0.2) is 30.6 Å². The number of fused-ring (bicyclic) bond motifs is 1. The summed E-state index contributed by atoms with van der Waals surface area (Å²) in [5.41, 5.74) is 0.581. The smallest absolute Gasteiger partial charge is 0.251 e. The predicted octanol–water partition coefficient (Wildman–Crippen LogP) is 1.54. The minimum Gasteiger partial charge on any atom is -0.486 e. The Kier molecular flexibility index (Phi) is 4.04. The second kappa shape index (κ2) is 6.30. The third-order valence-electron chi connectivity index (χ3n) is 3.24. The number of nitrogens with one attached hydrogen (secondary N) is 2. The molecule has 1 aliphatic heterocycles. The van der Waals surface area contributed by atoms with Gasteiger partial charge in [-0.05, 0) is 24.6 Å². The van der Waals surface area contributed by atoms with E-state index in [1.807, 2.05) is 0 Å². The first-order valence-corrected chi connectivity index (χ1v) is 6.99. The number of aryl methyl sites for hydroxylation is 1. The van der Waals surface area contributed by atoms with E-state index in [1.165, 1.54) is 0 Å². The molecule has 6 heteroatoms. The zero-order valence-corrected chi connectivity index (χ0v) is 11.6. The van der Waals surface area contributed by atoms with Crippen LogP contribution in [0.3, 0.4) is 0 Å². The van der Waals surface area contributed by atoms with E-state index in [-0.39, 0.29) is 5.91 Å². The first-order valence-electron chi connectivity index (χ1n) is 6.99. The van der Waals surface area contributed by atoms with E-state index >= 15 is 0 Å². The fourth-order valence-corrected chi connectivity index (χ4v) is 2.18. The highest BCUT2D eigenvalue weighted by molar-refractivity contribution is 5.94. The van der Waals surface area contributed by atoms with Crippen molar-refractivity contribution in [1.29, 1.82) is 0 Å². The number of carbonyl (C=O) groups is 1. The molecule has 3 rings (SSSR count). The van der Waals surface area contributed by atoms with E-state index < -0.39 is 0 Å². The Hall–Kier alpha value is -2.50. The molecule has 0 radical (unpaired) electrons. The molecule has 0 aliphatic carbocycles. The quantitative estimate of drug-likeness (QED) is 0.818. The van der Waals surface area contributed by atoms with Gasteiger partial charge in [0.15, 0.2) is 11.5 Å². The molecule has 0 saturated carbocycles. The Balaban J connectivity index is 1.51. The molecule has 2 aromatic rings. The van der Waals surface area contributed by atoms with Crippen LogP contribution in [0.25, 0.3) is 0 Å². The zero-order valence-electron chi connectivity index (χ0n) is 11.6. The molecule has 0 bridgehead atoms. The number of nitrogens with zero attached hydrogens (tertiary/aromatic N) is 1. The number of rotatable bonds is 5. The Labute approximate surface area is 122 Å². The summed E-state index contributed by atoms with van der Waals surface area (Å²) in [4.78, 5) is 19.2. The van der Waals surface area contributed by atoms with E-state index in [2.05, 4.69) is 15.3 Å². The van der Waals surface area contributed by atoms with E-state index in [0.717, 1.165) is 18.7 Å². The SMILES string of the molecule is O=C(NCCCc1ncc[nH]1)c1ccc2c(c1)OCCO2. The van der Waals surface area contributed by atoms with Gasteiger partial charge in [0.05, 0.1) is 0 Å². The van der Waals surface area contributed by atoms with Crippen LogP contribution in [0.5, 0.6) is 11.5 Å². The summed E-state index contributed by atoms with van der Waals surface area (Å²) in [6.07, 6.45) is 5.17. The lowest BCUT2D eigenvalue weighted by Gasteiger charge is -2.18. The molecule has 0 unspecified atom stereocenters. The Morgan fingerprint density at radius 1 is 1.29 bits per heavy atom. The summed E-state index contributed by atoms with van der Waals surface area (Å²) in [7, 11) is 0. The molecular formula is C15H17N3O3. The fraction of sp³-hybridized carbons (Fsp3) is 0.333. The summed E-state index contributed by atoms with van der Waals surface area (Å²) in [6, 6.07) is 5.23. The molecule has 0 atom stereocenters. The third-order valence-corrected chi connectivity index (χ3v) is 3.24. The number of H-pyrrole nitrogens is 1. The van der Waals surface area contributed by atoms with Crippen molar-refractivity contribution in [1.82, 2.24) is 15.3 Å². The molecule has 0 spiro atoms. The highest BCUT2D eigenvalue weighted by Crippen LogP contribution is 2.30. The summed E-state index contributed by atoms with van der Waals surface area (Å²) in [5, 5.41) is 2.89. The van der Waals surface area contributed by atoms with Crippen molar-refractivity contribution in [3.63, 3.8) is 0 Å². The summed E-state index contributed by atoms with van der Waals surface area (Å²) in [6.45, 7) is 1.67. The standard InChI is InChI=1S/C15H17N3O3/c19-15(18-5-1-2-14-16-6-7-17-14)11-3-4-12-13(10-11)21-9-8-20-12/h3-4,6-7,10H,1-2,5,8-9H2,(H,16,17)(H,18,19). The van der Waals surface area contributed by atoms with E-state index in [9.17, 15) is 4.79 Å². The lowest BCUT2D eigenvalue weighted by molar-refractivity contribution is 0.0952. The monoisotopic (exact) mass is 287 g/mol. The highest BCUT2D eigenvalue weighted by Gasteiger charge is 2.14. The van der Waals surface area contributed by atoms with Crippen LogP contribution in [0.4, 0.5) is 0 Å². The van der Waals surface area contributed by atoms with E-state index in [0.29, 0.717) is 36.8 Å². The summed E-state index contributed by atoms with van der Waals surface area (Å²) in [5.74, 6) is 2.15. The van der Waals surface area contributed by atoms with Crippen LogP contribution < -0.4 is 14.8 Å². The van der Waals surface area contributed by atoms with Crippen molar-refractivity contribution in [2.45, 2.75) is 12.8 Å². The Morgan fingerprint density at radius 2 is 2.14 bits per heavy atom. The molecule has 2 N–H and O–H groups in total. The molecule has 1 aromatic carbocycles. The average Bonchev–Trinajstić information content (AvgIpc) is 3.04. The summed E-state index contributed by atoms with van der Waals surface area (Å²) >= 11 is 0. The molecular weight excluding hydrogens is 270 g/mol. The van der Waals surface area contributed by atoms with Crippen molar-refractivity contribution in [2.75, 3.05) is 19.8 Å². The first kappa shape index (κ1) is 13.5. The molecule has 1 amide bonds. The Bertz CT molecular complexity index is 611. The predicted molar refractivity (Wildman–Crippen MR) is 76.7 cm³/mol. The number of benzene rings is 1. The third kappa shape index (κ3) is 3.34. The number of amides is 1. The maximum absolute atomic E-state index is 12.1. The maximum atomic E-state index is 12.1. The number of ether oxygens (including phenoxy) is 2. The van der Waals surface area contributed by atoms with Gasteiger partial charge in [0.25, 0.3) is 5.91 Å². The van der Waals surface area contributed by atoms with Gasteiger partial charge in [0.1, 0.15) is 19.0 Å². The number of aromatic amines is 1. The minimum atomic E-state index is -0.105. The van der Waals surface area contributed by atoms with Gasteiger partial charge in [-0.2, -0.15) is 0 Å². The maximum Gasteiger partial charge on any atom is 0.251 e. The number of hydrogen-bond acceptors (Lipinski definition) is 4. The second-order valence-electron chi connectivity index (χ2n) is 4.75. The van der Waals surface area contributed by atoms with Gasteiger partial charge < -0.3 is 19.8 Å². The van der Waals surface area contributed by atoms with Crippen molar-refractivity contribution in [3.05, 3.63) is 42.0 Å². The van der Waals surface area contributed by atoms with E-state index in [1.54, 1.807) is 30.6 Å². The van der Waals surface area contributed by atoms with Crippen molar-refractivity contribution >= 4 is 5.91 Å². The molecule has 1 aliphatic rings. The number of carbonyl (C=O) groups excluding carboxylic acids is 1. The van der Waals surface area contributed by atoms with Gasteiger partial charge in [-0.15, -0.1) is 0 Å². The van der Waals surface area contributed by atoms with E-state index in [4.69, 9.17) is 9.47 Å². The summed E-state index contributed by atoms with van der Waals surface area (Å²) < 4.78 is 10.9. The van der Waals surface area contributed by atoms with Gasteiger partial charge in [0, 0.05) is 30.9 Å². The molecule has 6 nitrogen and oxygen atoms in total. The van der Waals surface area contributed by atoms with Gasteiger partial charge in [-0.3, -0.25) is 4.79 Å². The minimum absolute atomic E-state index is 0.105. The fourth-order valence-electron chi connectivity index (χ4n) is 2.18. The molecule has 2 heterocycles. The van der Waals surface area contributed by atoms with Crippen molar-refractivity contribution < 1.29 is 14.3 Å². The van der Waals surface area contributed by atoms with Crippen LogP contribution in [-0.4, -0.2) is 35.6 Å². The highest BCUT2D eigenvalue weighted by atomic mass is 16.6. The lowest BCUT2D eigenvalue weighted by Crippen LogP contribution is -2.25. The molecule has 0 fully saturated rings. The largest absolute Gasteiger partial charge is 0.486 e. The first-order chi connectivity index (χ1) is 10.3. The van der Waals surface area contributed by atoms with Gasteiger partial charge in [-0.25, -0.2) is 4.98 Å². The van der Waals surface area contributed by atoms with Gasteiger partial charge in [-0.1, -0.05) is 0 Å². The van der Waals surface area contributed by atoms with Crippen molar-refractivity contribution in [2.24, 2.45) is 0 Å². The molecule has 110 valence electrons.